The van der Waals surface area contributed by atoms with Gasteiger partial charge in [-0.3, -0.25) is 0 Å². The SMILES string of the molecule is Nc1ccc(OC(F)(F)F)cc1C(F)(F)F. The topological polar surface area (TPSA) is 35.2 Å². The minimum atomic E-state index is -5.04. The third kappa shape index (κ3) is 3.21. The van der Waals surface area contributed by atoms with E-state index in [0.717, 1.165) is 0 Å². The van der Waals surface area contributed by atoms with Crippen LogP contribution in [-0.4, -0.2) is 6.36 Å². The van der Waals surface area contributed by atoms with Crippen LogP contribution in [0, 0.1) is 0 Å². The first kappa shape index (κ1) is 12.5. The number of halogens is 6. The molecule has 0 bridgehead atoms. The third-order valence-electron chi connectivity index (χ3n) is 1.56. The lowest BCUT2D eigenvalue weighted by Gasteiger charge is -2.13. The zero-order valence-electron chi connectivity index (χ0n) is 7.49. The van der Waals surface area contributed by atoms with Crippen LogP contribution in [0.15, 0.2) is 18.2 Å². The fourth-order valence-corrected chi connectivity index (χ4v) is 0.978. The predicted molar refractivity (Wildman–Crippen MR) is 42.5 cm³/mol. The molecule has 0 saturated heterocycles. The highest BCUT2D eigenvalue weighted by Crippen LogP contribution is 2.36. The number of nitrogen functional groups attached to an aromatic ring is 1. The summed E-state index contributed by atoms with van der Waals surface area (Å²) in [5.74, 6) is -0.964. The molecule has 0 fully saturated rings. The number of nitrogens with two attached hydrogens (primary N) is 1. The quantitative estimate of drug-likeness (QED) is 0.609. The van der Waals surface area contributed by atoms with Crippen LogP contribution < -0.4 is 10.5 Å². The van der Waals surface area contributed by atoms with Crippen molar-refractivity contribution in [2.45, 2.75) is 12.5 Å². The van der Waals surface area contributed by atoms with Gasteiger partial charge in [-0.15, -0.1) is 13.2 Å². The summed E-state index contributed by atoms with van der Waals surface area (Å²) in [5, 5.41) is 0. The van der Waals surface area contributed by atoms with Crippen LogP contribution in [-0.2, 0) is 6.18 Å². The molecule has 0 radical (unpaired) electrons. The van der Waals surface area contributed by atoms with Gasteiger partial charge < -0.3 is 10.5 Å². The minimum Gasteiger partial charge on any atom is -0.406 e. The zero-order valence-corrected chi connectivity index (χ0v) is 7.49. The molecule has 0 spiro atoms. The number of hydrogen-bond donors (Lipinski definition) is 1. The third-order valence-corrected chi connectivity index (χ3v) is 1.56. The highest BCUT2D eigenvalue weighted by Gasteiger charge is 2.35. The van der Waals surface area contributed by atoms with Crippen LogP contribution in [0.3, 0.4) is 0 Å². The lowest BCUT2D eigenvalue weighted by atomic mass is 10.1. The van der Waals surface area contributed by atoms with Gasteiger partial charge in [-0.2, -0.15) is 13.2 Å². The van der Waals surface area contributed by atoms with Crippen LogP contribution in [0.2, 0.25) is 0 Å². The Balaban J connectivity index is 3.09. The smallest absolute Gasteiger partial charge is 0.406 e. The maximum Gasteiger partial charge on any atom is 0.573 e. The highest BCUT2D eigenvalue weighted by molar-refractivity contribution is 5.51. The average Bonchev–Trinajstić information content (AvgIpc) is 2.04. The Kier molecular flexibility index (Phi) is 2.93. The first-order chi connectivity index (χ1) is 7.09. The number of alkyl halides is 6. The number of anilines is 1. The van der Waals surface area contributed by atoms with Crippen molar-refractivity contribution in [3.05, 3.63) is 23.8 Å². The molecule has 1 rings (SSSR count). The second-order valence-corrected chi connectivity index (χ2v) is 2.79. The molecular formula is C8H5F6NO. The van der Waals surface area contributed by atoms with Crippen LogP contribution in [0.1, 0.15) is 5.56 Å². The van der Waals surface area contributed by atoms with Gasteiger partial charge in [0.05, 0.1) is 5.56 Å². The normalized spacial score (nSPS) is 12.6. The van der Waals surface area contributed by atoms with Crippen LogP contribution in [0.4, 0.5) is 32.0 Å². The Hall–Kier alpha value is -1.60. The van der Waals surface area contributed by atoms with Crippen LogP contribution >= 0.6 is 0 Å². The van der Waals surface area contributed by atoms with E-state index < -0.39 is 29.5 Å². The molecule has 0 aliphatic heterocycles. The molecule has 2 N–H and O–H groups in total. The van der Waals surface area contributed by atoms with Crippen molar-refractivity contribution in [2.24, 2.45) is 0 Å². The summed E-state index contributed by atoms with van der Waals surface area (Å²) < 4.78 is 75.3. The number of ether oxygens (including phenoxy) is 1. The molecule has 0 unspecified atom stereocenters. The molecule has 0 atom stereocenters. The molecule has 1 aromatic rings. The lowest BCUT2D eigenvalue weighted by molar-refractivity contribution is -0.274. The van der Waals surface area contributed by atoms with Gasteiger partial charge in [-0.1, -0.05) is 0 Å². The zero-order chi connectivity index (χ0) is 12.6. The van der Waals surface area contributed by atoms with Crippen molar-refractivity contribution in [3.63, 3.8) is 0 Å². The predicted octanol–water partition coefficient (Wildman–Crippen LogP) is 3.19. The van der Waals surface area contributed by atoms with Gasteiger partial charge in [0.25, 0.3) is 0 Å². The largest absolute Gasteiger partial charge is 0.573 e. The van der Waals surface area contributed by atoms with Crippen molar-refractivity contribution >= 4 is 5.69 Å². The molecule has 0 heterocycles. The molecule has 0 saturated carbocycles. The number of benzene rings is 1. The summed E-state index contributed by atoms with van der Waals surface area (Å²) in [4.78, 5) is 0. The molecule has 16 heavy (non-hydrogen) atoms. The van der Waals surface area contributed by atoms with Gasteiger partial charge in [0.2, 0.25) is 0 Å². The van der Waals surface area contributed by atoms with Gasteiger partial charge in [0, 0.05) is 5.69 Å². The van der Waals surface area contributed by atoms with Gasteiger partial charge in [0.1, 0.15) is 5.75 Å². The Labute approximate surface area is 85.6 Å². The van der Waals surface area contributed by atoms with E-state index >= 15 is 0 Å². The van der Waals surface area contributed by atoms with E-state index in [9.17, 15) is 26.3 Å². The molecular weight excluding hydrogens is 240 g/mol. The van der Waals surface area contributed by atoms with E-state index in [2.05, 4.69) is 4.74 Å². The van der Waals surface area contributed by atoms with E-state index in [4.69, 9.17) is 5.73 Å². The maximum atomic E-state index is 12.2. The van der Waals surface area contributed by atoms with Crippen molar-refractivity contribution in [2.75, 3.05) is 5.73 Å². The Bertz CT molecular complexity index is 383. The Morgan fingerprint density at radius 2 is 1.56 bits per heavy atom. The lowest BCUT2D eigenvalue weighted by Crippen LogP contribution is -2.18. The summed E-state index contributed by atoms with van der Waals surface area (Å²) in [7, 11) is 0. The molecule has 0 aromatic heterocycles. The fourth-order valence-electron chi connectivity index (χ4n) is 0.978. The number of rotatable bonds is 1. The molecule has 0 amide bonds. The van der Waals surface area contributed by atoms with Crippen molar-refractivity contribution < 1.29 is 31.1 Å². The first-order valence-electron chi connectivity index (χ1n) is 3.82. The monoisotopic (exact) mass is 245 g/mol. The summed E-state index contributed by atoms with van der Waals surface area (Å²) in [6, 6.07) is 1.60. The fraction of sp³-hybridized carbons (Fsp3) is 0.250. The summed E-state index contributed by atoms with van der Waals surface area (Å²) in [6.45, 7) is 0. The van der Waals surface area contributed by atoms with E-state index in [0.29, 0.717) is 12.1 Å². The Morgan fingerprint density at radius 1 is 1.00 bits per heavy atom. The second kappa shape index (κ2) is 3.76. The highest BCUT2D eigenvalue weighted by atomic mass is 19.4. The van der Waals surface area contributed by atoms with Gasteiger partial charge >= 0.3 is 12.5 Å². The van der Waals surface area contributed by atoms with Crippen molar-refractivity contribution in [1.82, 2.24) is 0 Å². The minimum absolute atomic E-state index is 0.197. The maximum absolute atomic E-state index is 12.2. The summed E-state index contributed by atoms with van der Waals surface area (Å²) in [5.41, 5.74) is 2.95. The molecule has 1 aromatic carbocycles. The van der Waals surface area contributed by atoms with Crippen molar-refractivity contribution in [3.8, 4) is 5.75 Å². The summed E-state index contributed by atoms with van der Waals surface area (Å²) >= 11 is 0. The molecule has 2 nitrogen and oxygen atoms in total. The van der Waals surface area contributed by atoms with E-state index in [1.54, 1.807) is 0 Å². The average molecular weight is 245 g/mol. The van der Waals surface area contributed by atoms with Crippen molar-refractivity contribution in [1.29, 1.82) is 0 Å². The molecule has 8 heteroatoms. The Morgan fingerprint density at radius 3 is 2.00 bits per heavy atom. The summed E-state index contributed by atoms with van der Waals surface area (Å²) in [6.07, 6.45) is -9.87. The molecule has 0 aliphatic rings. The van der Waals surface area contributed by atoms with E-state index in [-0.39, 0.29) is 6.07 Å². The van der Waals surface area contributed by atoms with E-state index in [1.165, 1.54) is 0 Å². The van der Waals surface area contributed by atoms with E-state index in [1.807, 2.05) is 0 Å². The second-order valence-electron chi connectivity index (χ2n) is 2.79. The number of hydrogen-bond acceptors (Lipinski definition) is 2. The molecule has 0 aliphatic carbocycles. The van der Waals surface area contributed by atoms with Crippen LogP contribution in [0.5, 0.6) is 5.75 Å². The van der Waals surface area contributed by atoms with Gasteiger partial charge in [-0.05, 0) is 18.2 Å². The molecule has 90 valence electrons. The van der Waals surface area contributed by atoms with Crippen LogP contribution in [0.25, 0.3) is 0 Å². The van der Waals surface area contributed by atoms with Gasteiger partial charge in [0.15, 0.2) is 0 Å². The standard InChI is InChI=1S/C8H5F6NO/c9-7(10,11)5-3-4(1-2-6(5)15)16-8(12,13)14/h1-3H,15H2. The van der Waals surface area contributed by atoms with Gasteiger partial charge in [-0.25, -0.2) is 0 Å². The first-order valence-corrected chi connectivity index (χ1v) is 3.82.